The number of aryl methyl sites for hydroxylation is 1. The minimum atomic E-state index is -0.237. The number of carbonyl (C=O) groups excluding carboxylic acids is 1. The van der Waals surface area contributed by atoms with Gasteiger partial charge in [0.1, 0.15) is 11.5 Å². The highest BCUT2D eigenvalue weighted by Crippen LogP contribution is 2.08. The fourth-order valence-electron chi connectivity index (χ4n) is 1.53. The van der Waals surface area contributed by atoms with Crippen LogP contribution in [0.3, 0.4) is 0 Å². The van der Waals surface area contributed by atoms with E-state index in [0.717, 1.165) is 17.9 Å². The lowest BCUT2D eigenvalue weighted by Gasteiger charge is -2.23. The topological polar surface area (TPSA) is 54.3 Å². The Hall–Kier alpha value is -1.29. The largest absolute Gasteiger partial charge is 0.465 e. The maximum absolute atomic E-state index is 11.8. The second-order valence-electron chi connectivity index (χ2n) is 5.56. The van der Waals surface area contributed by atoms with E-state index in [1.807, 2.05) is 39.8 Å². The molecule has 1 aromatic rings. The van der Waals surface area contributed by atoms with Crippen molar-refractivity contribution in [3.05, 3.63) is 23.7 Å². The second-order valence-corrected chi connectivity index (χ2v) is 5.56. The van der Waals surface area contributed by atoms with E-state index in [1.54, 1.807) is 0 Å². The van der Waals surface area contributed by atoms with Crippen LogP contribution in [0.15, 0.2) is 16.5 Å². The van der Waals surface area contributed by atoms with Crippen LogP contribution >= 0.6 is 0 Å². The third-order valence-electron chi connectivity index (χ3n) is 2.54. The summed E-state index contributed by atoms with van der Waals surface area (Å²) in [7, 11) is 0. The van der Waals surface area contributed by atoms with Crippen LogP contribution in [0.5, 0.6) is 0 Å². The lowest BCUT2D eigenvalue weighted by molar-refractivity contribution is -0.124. The summed E-state index contributed by atoms with van der Waals surface area (Å²) in [4.78, 5) is 11.8. The van der Waals surface area contributed by atoms with Gasteiger partial charge in [-0.1, -0.05) is 6.92 Å². The smallest absolute Gasteiger partial charge is 0.237 e. The minimum Gasteiger partial charge on any atom is -0.465 e. The maximum atomic E-state index is 11.8. The Morgan fingerprint density at radius 3 is 2.44 bits per heavy atom. The fraction of sp³-hybridized carbons (Fsp3) is 0.643. The highest BCUT2D eigenvalue weighted by Gasteiger charge is 2.18. The Kier molecular flexibility index (Phi) is 4.96. The molecule has 1 rings (SSSR count). The van der Waals surface area contributed by atoms with E-state index in [1.165, 1.54) is 0 Å². The Morgan fingerprint density at radius 1 is 1.33 bits per heavy atom. The van der Waals surface area contributed by atoms with Gasteiger partial charge >= 0.3 is 0 Å². The summed E-state index contributed by atoms with van der Waals surface area (Å²) >= 11 is 0. The summed E-state index contributed by atoms with van der Waals surface area (Å²) in [6, 6.07) is 3.68. The summed E-state index contributed by atoms with van der Waals surface area (Å²) in [5, 5.41) is 6.09. The van der Waals surface area contributed by atoms with Crippen molar-refractivity contribution in [2.24, 2.45) is 0 Å². The molecule has 2 N–H and O–H groups in total. The third-order valence-corrected chi connectivity index (χ3v) is 2.54. The number of nitrogens with one attached hydrogen (secondary N) is 2. The van der Waals surface area contributed by atoms with Gasteiger partial charge in [0.05, 0.1) is 12.6 Å². The van der Waals surface area contributed by atoms with E-state index in [4.69, 9.17) is 4.42 Å². The molecule has 1 amide bonds. The summed E-state index contributed by atoms with van der Waals surface area (Å²) in [6.07, 6.45) is 0.889. The molecule has 0 saturated carbocycles. The predicted molar refractivity (Wildman–Crippen MR) is 72.3 cm³/mol. The van der Waals surface area contributed by atoms with Crippen LogP contribution in [0, 0.1) is 0 Å². The predicted octanol–water partition coefficient (Wildman–Crippen LogP) is 2.23. The quantitative estimate of drug-likeness (QED) is 0.845. The van der Waals surface area contributed by atoms with Crippen molar-refractivity contribution >= 4 is 5.91 Å². The van der Waals surface area contributed by atoms with Gasteiger partial charge in [-0.05, 0) is 39.8 Å². The molecule has 0 saturated heterocycles. The van der Waals surface area contributed by atoms with Crippen molar-refractivity contribution in [3.63, 3.8) is 0 Å². The molecule has 1 aromatic heterocycles. The average Bonchev–Trinajstić information content (AvgIpc) is 2.71. The highest BCUT2D eigenvalue weighted by molar-refractivity contribution is 5.81. The van der Waals surface area contributed by atoms with Crippen LogP contribution in [-0.4, -0.2) is 17.5 Å². The number of hydrogen-bond acceptors (Lipinski definition) is 3. The van der Waals surface area contributed by atoms with Crippen LogP contribution in [0.1, 0.15) is 46.1 Å². The molecular weight excluding hydrogens is 228 g/mol. The van der Waals surface area contributed by atoms with Crippen molar-refractivity contribution in [2.75, 3.05) is 0 Å². The van der Waals surface area contributed by atoms with Gasteiger partial charge in [-0.2, -0.15) is 0 Å². The summed E-state index contributed by atoms with van der Waals surface area (Å²) in [6.45, 7) is 10.4. The Labute approximate surface area is 109 Å². The van der Waals surface area contributed by atoms with Crippen LogP contribution in [0.25, 0.3) is 0 Å². The fourth-order valence-corrected chi connectivity index (χ4v) is 1.53. The standard InChI is InChI=1S/C14H24N2O2/c1-6-11-7-8-12(18-11)9-15-10(2)13(17)16-14(3,4)5/h7-8,10,15H,6,9H2,1-5H3,(H,16,17). The van der Waals surface area contributed by atoms with Crippen LogP contribution in [0.4, 0.5) is 0 Å². The maximum Gasteiger partial charge on any atom is 0.237 e. The highest BCUT2D eigenvalue weighted by atomic mass is 16.3. The number of furan rings is 1. The molecule has 4 nitrogen and oxygen atoms in total. The molecule has 102 valence electrons. The van der Waals surface area contributed by atoms with Crippen molar-refractivity contribution in [1.82, 2.24) is 10.6 Å². The Bertz CT molecular complexity index is 391. The molecule has 18 heavy (non-hydrogen) atoms. The van der Waals surface area contributed by atoms with Gasteiger partial charge in [0, 0.05) is 12.0 Å². The van der Waals surface area contributed by atoms with Crippen molar-refractivity contribution in [1.29, 1.82) is 0 Å². The van der Waals surface area contributed by atoms with E-state index >= 15 is 0 Å². The van der Waals surface area contributed by atoms with Gasteiger partial charge in [0.15, 0.2) is 0 Å². The zero-order chi connectivity index (χ0) is 13.8. The molecule has 0 aliphatic heterocycles. The van der Waals surface area contributed by atoms with Crippen molar-refractivity contribution < 1.29 is 9.21 Å². The number of hydrogen-bond donors (Lipinski definition) is 2. The first kappa shape index (κ1) is 14.8. The lowest BCUT2D eigenvalue weighted by atomic mass is 10.1. The second kappa shape index (κ2) is 6.05. The van der Waals surface area contributed by atoms with E-state index in [0.29, 0.717) is 6.54 Å². The number of amides is 1. The van der Waals surface area contributed by atoms with E-state index < -0.39 is 0 Å². The van der Waals surface area contributed by atoms with Crippen molar-refractivity contribution in [2.45, 2.75) is 59.2 Å². The summed E-state index contributed by atoms with van der Waals surface area (Å²) < 4.78 is 5.57. The van der Waals surface area contributed by atoms with Gasteiger partial charge in [-0.25, -0.2) is 0 Å². The zero-order valence-corrected chi connectivity index (χ0v) is 12.0. The molecule has 0 aliphatic carbocycles. The average molecular weight is 252 g/mol. The zero-order valence-electron chi connectivity index (χ0n) is 12.0. The molecule has 1 unspecified atom stereocenters. The molecule has 0 aliphatic rings. The normalized spacial score (nSPS) is 13.4. The first-order valence-corrected chi connectivity index (χ1v) is 6.45. The first-order chi connectivity index (χ1) is 8.31. The van der Waals surface area contributed by atoms with Gasteiger partial charge < -0.3 is 9.73 Å². The third kappa shape index (κ3) is 4.92. The van der Waals surface area contributed by atoms with Gasteiger partial charge in [-0.3, -0.25) is 10.1 Å². The number of carbonyl (C=O) groups is 1. The molecule has 4 heteroatoms. The van der Waals surface area contributed by atoms with Gasteiger partial charge in [0.25, 0.3) is 0 Å². The van der Waals surface area contributed by atoms with Crippen LogP contribution in [0.2, 0.25) is 0 Å². The summed E-state index contributed by atoms with van der Waals surface area (Å²) in [5.74, 6) is 1.84. The van der Waals surface area contributed by atoms with Crippen molar-refractivity contribution in [3.8, 4) is 0 Å². The van der Waals surface area contributed by atoms with E-state index in [2.05, 4.69) is 17.6 Å². The minimum absolute atomic E-state index is 0.00442. The molecule has 0 radical (unpaired) electrons. The molecule has 0 aromatic carbocycles. The monoisotopic (exact) mass is 252 g/mol. The Balaban J connectivity index is 2.41. The number of rotatable bonds is 5. The molecule has 1 heterocycles. The molecular formula is C14H24N2O2. The first-order valence-electron chi connectivity index (χ1n) is 6.45. The van der Waals surface area contributed by atoms with E-state index in [-0.39, 0.29) is 17.5 Å². The molecule has 0 bridgehead atoms. The van der Waals surface area contributed by atoms with E-state index in [9.17, 15) is 4.79 Å². The summed E-state index contributed by atoms with van der Waals surface area (Å²) in [5.41, 5.74) is -0.201. The molecule has 0 spiro atoms. The van der Waals surface area contributed by atoms with Gasteiger partial charge in [-0.15, -0.1) is 0 Å². The van der Waals surface area contributed by atoms with Gasteiger partial charge in [0.2, 0.25) is 5.91 Å². The lowest BCUT2D eigenvalue weighted by Crippen LogP contribution is -2.49. The van der Waals surface area contributed by atoms with Crippen LogP contribution < -0.4 is 10.6 Å². The molecule has 1 atom stereocenters. The SMILES string of the molecule is CCc1ccc(CNC(C)C(=O)NC(C)(C)C)o1. The Morgan fingerprint density at radius 2 is 1.94 bits per heavy atom. The molecule has 0 fully saturated rings. The van der Waals surface area contributed by atoms with Crippen LogP contribution in [-0.2, 0) is 17.8 Å².